The van der Waals surface area contributed by atoms with Crippen molar-refractivity contribution in [2.75, 3.05) is 6.61 Å². The SMILES string of the molecule is O=C(CO)OCl.[NaH].[NaH]. The van der Waals surface area contributed by atoms with Crippen LogP contribution in [0.3, 0.4) is 0 Å². The van der Waals surface area contributed by atoms with E-state index in [1.165, 1.54) is 0 Å². The van der Waals surface area contributed by atoms with Crippen LogP contribution < -0.4 is 0 Å². The third-order valence-electron chi connectivity index (χ3n) is 0.215. The Morgan fingerprint density at radius 3 is 2.00 bits per heavy atom. The summed E-state index contributed by atoms with van der Waals surface area (Å²) in [6.45, 7) is -0.663. The van der Waals surface area contributed by atoms with Crippen molar-refractivity contribution in [1.29, 1.82) is 0 Å². The molecule has 0 atom stereocenters. The van der Waals surface area contributed by atoms with Gasteiger partial charge >= 0.3 is 65.1 Å². The fourth-order valence-corrected chi connectivity index (χ4v) is 0.0732. The van der Waals surface area contributed by atoms with E-state index in [1.54, 1.807) is 0 Å². The molecular formula is C2H5ClNa2O3. The summed E-state index contributed by atoms with van der Waals surface area (Å²) in [5.41, 5.74) is 0. The normalized spacial score (nSPS) is 5.75. The molecule has 3 nitrogen and oxygen atoms in total. The Bertz CT molecular complexity index is 53.2. The zero-order valence-electron chi connectivity index (χ0n) is 2.85. The molecule has 0 aliphatic rings. The first-order valence-corrected chi connectivity index (χ1v) is 1.54. The predicted molar refractivity (Wildman–Crippen MR) is 33.3 cm³/mol. The van der Waals surface area contributed by atoms with Crippen molar-refractivity contribution in [1.82, 2.24) is 0 Å². The predicted octanol–water partition coefficient (Wildman–Crippen LogP) is -1.62. The van der Waals surface area contributed by atoms with Gasteiger partial charge in [0.05, 0.1) is 0 Å². The molecule has 8 heavy (non-hydrogen) atoms. The number of rotatable bonds is 1. The first kappa shape index (κ1) is 16.4. The van der Waals surface area contributed by atoms with Crippen molar-refractivity contribution in [2.45, 2.75) is 0 Å². The molecule has 1 N–H and O–H groups in total. The van der Waals surface area contributed by atoms with Gasteiger partial charge in [0.15, 0.2) is 0 Å². The molecule has 0 bridgehead atoms. The first-order chi connectivity index (χ1) is 2.81. The number of carbonyl (C=O) groups is 1. The van der Waals surface area contributed by atoms with Gasteiger partial charge in [0.25, 0.3) is 0 Å². The van der Waals surface area contributed by atoms with E-state index in [-0.39, 0.29) is 59.1 Å². The molecule has 0 aromatic heterocycles. The summed E-state index contributed by atoms with van der Waals surface area (Å²) < 4.78 is 3.48. The van der Waals surface area contributed by atoms with Crippen LogP contribution in [0.1, 0.15) is 0 Å². The van der Waals surface area contributed by atoms with E-state index in [9.17, 15) is 4.79 Å². The Labute approximate surface area is 96.5 Å². The summed E-state index contributed by atoms with van der Waals surface area (Å²) in [5, 5.41) is 7.78. The van der Waals surface area contributed by atoms with Gasteiger partial charge in [0.1, 0.15) is 18.5 Å². The third-order valence-corrected chi connectivity index (χ3v) is 0.387. The second kappa shape index (κ2) is 11.5. The fraction of sp³-hybridized carbons (Fsp3) is 0.500. The minimum atomic E-state index is -0.836. The van der Waals surface area contributed by atoms with Crippen molar-refractivity contribution >= 4 is 76.9 Å². The Morgan fingerprint density at radius 1 is 1.62 bits per heavy atom. The molecule has 6 heteroatoms. The third kappa shape index (κ3) is 10.7. The molecule has 0 aliphatic carbocycles. The Hall–Kier alpha value is 1.72. The molecule has 0 aromatic carbocycles. The Morgan fingerprint density at radius 2 is 2.00 bits per heavy atom. The monoisotopic (exact) mass is 158 g/mol. The zero-order chi connectivity index (χ0) is 4.99. The van der Waals surface area contributed by atoms with E-state index in [1.807, 2.05) is 0 Å². The Balaban J connectivity index is -0.000000125. The maximum atomic E-state index is 9.58. The van der Waals surface area contributed by atoms with Crippen LogP contribution in [-0.4, -0.2) is 76.8 Å². The zero-order valence-corrected chi connectivity index (χ0v) is 3.60. The van der Waals surface area contributed by atoms with E-state index in [0.29, 0.717) is 0 Å². The van der Waals surface area contributed by atoms with E-state index in [2.05, 4.69) is 16.2 Å². The molecule has 0 spiro atoms. The van der Waals surface area contributed by atoms with Crippen LogP contribution in [0.5, 0.6) is 0 Å². The van der Waals surface area contributed by atoms with Crippen molar-refractivity contribution in [3.8, 4) is 0 Å². The van der Waals surface area contributed by atoms with Crippen LogP contribution in [0.2, 0.25) is 0 Å². The standard InChI is InChI=1S/C2H3ClO3.2Na.2H/c3-6-2(5)1-4;;;;/h4H,1H2;;;;. The van der Waals surface area contributed by atoms with Gasteiger partial charge in [0.2, 0.25) is 0 Å². The summed E-state index contributed by atoms with van der Waals surface area (Å²) in [4.78, 5) is 9.58. The second-order valence-electron chi connectivity index (χ2n) is 0.607. The number of aliphatic hydroxyl groups excluding tert-OH is 1. The quantitative estimate of drug-likeness (QED) is 0.467. The molecule has 0 aromatic rings. The molecule has 0 aliphatic heterocycles. The van der Waals surface area contributed by atoms with Gasteiger partial charge in [-0.1, -0.05) is 0 Å². The average Bonchev–Trinajstić information content (AvgIpc) is 1.65. The molecule has 0 saturated heterocycles. The molecule has 0 unspecified atom stereocenters. The van der Waals surface area contributed by atoms with Crippen LogP contribution in [0.4, 0.5) is 0 Å². The molecule has 0 heterocycles. The molecule has 40 valence electrons. The number of halogens is 1. The van der Waals surface area contributed by atoms with Gasteiger partial charge in [-0.2, -0.15) is 0 Å². The van der Waals surface area contributed by atoms with E-state index < -0.39 is 12.6 Å². The Kier molecular flexibility index (Phi) is 23.5. The number of carbonyl (C=O) groups excluding carboxylic acids is 1. The summed E-state index contributed by atoms with van der Waals surface area (Å²) in [5.74, 6) is -0.836. The summed E-state index contributed by atoms with van der Waals surface area (Å²) in [6.07, 6.45) is 0. The van der Waals surface area contributed by atoms with Crippen LogP contribution in [0, 0.1) is 0 Å². The van der Waals surface area contributed by atoms with Crippen molar-refractivity contribution in [2.24, 2.45) is 0 Å². The number of hydrogen-bond acceptors (Lipinski definition) is 3. The topological polar surface area (TPSA) is 46.5 Å². The van der Waals surface area contributed by atoms with Gasteiger partial charge in [-0.25, -0.2) is 4.79 Å². The minimum absolute atomic E-state index is 0. The van der Waals surface area contributed by atoms with E-state index >= 15 is 0 Å². The van der Waals surface area contributed by atoms with Gasteiger partial charge in [-0.3, -0.25) is 0 Å². The van der Waals surface area contributed by atoms with Gasteiger partial charge < -0.3 is 9.40 Å². The molecule has 0 saturated carbocycles. The maximum absolute atomic E-state index is 9.58. The van der Waals surface area contributed by atoms with Gasteiger partial charge in [-0.05, 0) is 0 Å². The van der Waals surface area contributed by atoms with Crippen LogP contribution >= 0.6 is 11.9 Å². The number of hydrogen-bond donors (Lipinski definition) is 1. The molecule has 0 amide bonds. The fourth-order valence-electron chi connectivity index (χ4n) is 0.0244. The van der Waals surface area contributed by atoms with Gasteiger partial charge in [-0.15, -0.1) is 0 Å². The van der Waals surface area contributed by atoms with Gasteiger partial charge in [0, 0.05) is 0 Å². The average molecular weight is 158 g/mol. The molecule has 0 radical (unpaired) electrons. The first-order valence-electron chi connectivity index (χ1n) is 1.23. The summed E-state index contributed by atoms with van der Waals surface area (Å²) >= 11 is 4.44. The van der Waals surface area contributed by atoms with E-state index in [0.717, 1.165) is 0 Å². The number of aliphatic hydroxyl groups is 1. The van der Waals surface area contributed by atoms with Crippen molar-refractivity contribution in [3.05, 3.63) is 0 Å². The van der Waals surface area contributed by atoms with Crippen LogP contribution in [0.15, 0.2) is 0 Å². The van der Waals surface area contributed by atoms with Crippen LogP contribution in [-0.2, 0) is 9.08 Å². The van der Waals surface area contributed by atoms with Crippen molar-refractivity contribution in [3.63, 3.8) is 0 Å². The second-order valence-corrected chi connectivity index (χ2v) is 0.762. The molecular weight excluding hydrogens is 153 g/mol. The van der Waals surface area contributed by atoms with Crippen molar-refractivity contribution < 1.29 is 14.2 Å². The molecule has 0 fully saturated rings. The summed E-state index contributed by atoms with van der Waals surface area (Å²) in [7, 11) is 0. The molecule has 0 rings (SSSR count). The van der Waals surface area contributed by atoms with E-state index in [4.69, 9.17) is 5.11 Å². The van der Waals surface area contributed by atoms with Crippen LogP contribution in [0.25, 0.3) is 0 Å². The summed E-state index contributed by atoms with van der Waals surface area (Å²) in [6, 6.07) is 0.